The number of rotatable bonds is 10. The number of aromatic nitrogens is 1. The molecule has 0 saturated carbocycles. The van der Waals surface area contributed by atoms with Crippen LogP contribution in [-0.2, 0) is 24.3 Å². The van der Waals surface area contributed by atoms with Gasteiger partial charge in [-0.3, -0.25) is 4.79 Å². The SMILES string of the molecule is CCOC(=O)CCC(C)N(c1ncccc1C(=O)OCC)S(=O)(=O)c1ccc(C)cc1. The lowest BCUT2D eigenvalue weighted by molar-refractivity contribution is -0.143. The van der Waals surface area contributed by atoms with Gasteiger partial charge in [0.15, 0.2) is 5.82 Å². The lowest BCUT2D eigenvalue weighted by Crippen LogP contribution is -2.40. The molecule has 2 aromatic rings. The van der Waals surface area contributed by atoms with Crippen LogP contribution in [0.25, 0.3) is 0 Å². The number of nitrogens with zero attached hydrogens (tertiary/aromatic N) is 2. The zero-order valence-corrected chi connectivity index (χ0v) is 19.0. The fourth-order valence-electron chi connectivity index (χ4n) is 3.00. The maximum Gasteiger partial charge on any atom is 0.341 e. The third kappa shape index (κ3) is 6.04. The highest BCUT2D eigenvalue weighted by Crippen LogP contribution is 2.29. The first kappa shape index (κ1) is 24.3. The molecule has 0 aliphatic heterocycles. The van der Waals surface area contributed by atoms with Crippen LogP contribution >= 0.6 is 0 Å². The van der Waals surface area contributed by atoms with Crippen molar-refractivity contribution in [2.75, 3.05) is 17.5 Å². The summed E-state index contributed by atoms with van der Waals surface area (Å²) in [5.74, 6) is -1.14. The summed E-state index contributed by atoms with van der Waals surface area (Å²) in [7, 11) is -4.09. The van der Waals surface area contributed by atoms with Gasteiger partial charge >= 0.3 is 11.9 Å². The summed E-state index contributed by atoms with van der Waals surface area (Å²) in [5, 5.41) is 0. The average molecular weight is 449 g/mol. The molecule has 0 aliphatic carbocycles. The van der Waals surface area contributed by atoms with E-state index in [2.05, 4.69) is 4.98 Å². The number of ether oxygens (including phenoxy) is 2. The molecule has 31 heavy (non-hydrogen) atoms. The van der Waals surface area contributed by atoms with Gasteiger partial charge in [-0.25, -0.2) is 22.5 Å². The Morgan fingerprint density at radius 3 is 2.32 bits per heavy atom. The molecular formula is C22H28N2O6S. The van der Waals surface area contributed by atoms with E-state index in [0.717, 1.165) is 9.87 Å². The quantitative estimate of drug-likeness (QED) is 0.513. The second-order valence-electron chi connectivity index (χ2n) is 6.90. The Kier molecular flexibility index (Phi) is 8.56. The molecule has 0 aliphatic rings. The normalized spacial score (nSPS) is 12.1. The highest BCUT2D eigenvalue weighted by atomic mass is 32.2. The van der Waals surface area contributed by atoms with E-state index in [1.54, 1.807) is 32.9 Å². The van der Waals surface area contributed by atoms with E-state index in [0.29, 0.717) is 0 Å². The van der Waals surface area contributed by atoms with Crippen molar-refractivity contribution >= 4 is 27.8 Å². The fourth-order valence-corrected chi connectivity index (χ4v) is 4.66. The molecule has 1 heterocycles. The zero-order valence-electron chi connectivity index (χ0n) is 18.2. The maximum atomic E-state index is 13.6. The molecule has 1 aromatic carbocycles. The van der Waals surface area contributed by atoms with Crippen LogP contribution in [0.4, 0.5) is 5.82 Å². The van der Waals surface area contributed by atoms with Crippen LogP contribution in [0.1, 0.15) is 49.5 Å². The molecule has 9 heteroatoms. The van der Waals surface area contributed by atoms with Gasteiger partial charge in [0.1, 0.15) is 5.56 Å². The summed E-state index contributed by atoms with van der Waals surface area (Å²) in [4.78, 5) is 28.6. The van der Waals surface area contributed by atoms with Gasteiger partial charge in [-0.05, 0) is 58.4 Å². The number of pyridine rings is 1. The third-order valence-corrected chi connectivity index (χ3v) is 6.46. The van der Waals surface area contributed by atoms with Gasteiger partial charge in [0.2, 0.25) is 0 Å². The molecular weight excluding hydrogens is 420 g/mol. The molecule has 0 fully saturated rings. The van der Waals surface area contributed by atoms with Crippen molar-refractivity contribution in [2.24, 2.45) is 0 Å². The maximum absolute atomic E-state index is 13.6. The monoisotopic (exact) mass is 448 g/mol. The van der Waals surface area contributed by atoms with Crippen molar-refractivity contribution < 1.29 is 27.5 Å². The molecule has 0 bridgehead atoms. The van der Waals surface area contributed by atoms with Crippen LogP contribution in [0.2, 0.25) is 0 Å². The Labute approximate surface area is 183 Å². The Morgan fingerprint density at radius 1 is 1.06 bits per heavy atom. The van der Waals surface area contributed by atoms with E-state index in [4.69, 9.17) is 9.47 Å². The number of carbonyl (C=O) groups is 2. The van der Waals surface area contributed by atoms with E-state index in [9.17, 15) is 18.0 Å². The first-order valence-corrected chi connectivity index (χ1v) is 11.5. The van der Waals surface area contributed by atoms with E-state index >= 15 is 0 Å². The number of benzene rings is 1. The van der Waals surface area contributed by atoms with E-state index < -0.39 is 28.0 Å². The molecule has 0 radical (unpaired) electrons. The van der Waals surface area contributed by atoms with Crippen LogP contribution in [0.3, 0.4) is 0 Å². The highest BCUT2D eigenvalue weighted by Gasteiger charge is 2.34. The van der Waals surface area contributed by atoms with Crippen LogP contribution in [0.15, 0.2) is 47.5 Å². The molecule has 168 valence electrons. The first-order valence-electron chi connectivity index (χ1n) is 10.1. The van der Waals surface area contributed by atoms with Crippen LogP contribution in [0.5, 0.6) is 0 Å². The molecule has 0 amide bonds. The van der Waals surface area contributed by atoms with Gasteiger partial charge in [0.05, 0.1) is 18.1 Å². The minimum Gasteiger partial charge on any atom is -0.466 e. The van der Waals surface area contributed by atoms with Gasteiger partial charge in [0, 0.05) is 18.7 Å². The van der Waals surface area contributed by atoms with Gasteiger partial charge in [0.25, 0.3) is 10.0 Å². The Morgan fingerprint density at radius 2 is 1.71 bits per heavy atom. The fraction of sp³-hybridized carbons (Fsp3) is 0.409. The van der Waals surface area contributed by atoms with Crippen molar-refractivity contribution in [3.8, 4) is 0 Å². The van der Waals surface area contributed by atoms with Gasteiger partial charge in [-0.15, -0.1) is 0 Å². The summed E-state index contributed by atoms with van der Waals surface area (Å²) in [6.45, 7) is 7.26. The molecule has 8 nitrogen and oxygen atoms in total. The van der Waals surface area contributed by atoms with E-state index in [1.165, 1.54) is 30.5 Å². The second kappa shape index (κ2) is 10.9. The zero-order chi connectivity index (χ0) is 23.0. The van der Waals surface area contributed by atoms with Crippen molar-refractivity contribution in [1.29, 1.82) is 0 Å². The predicted molar refractivity (Wildman–Crippen MR) is 116 cm³/mol. The molecule has 2 rings (SSSR count). The summed E-state index contributed by atoms with van der Waals surface area (Å²) < 4.78 is 38.3. The molecule has 1 aromatic heterocycles. The standard InChI is InChI=1S/C22H28N2O6S/c1-5-29-20(25)14-11-17(4)24(31(27,28)18-12-9-16(3)10-13-18)21-19(8-7-15-23-21)22(26)30-6-2/h7-10,12-13,15,17H,5-6,11,14H2,1-4H3. The molecule has 1 atom stereocenters. The van der Waals surface area contributed by atoms with Gasteiger partial charge < -0.3 is 9.47 Å². The Bertz CT molecular complexity index is 1000. The molecule has 0 N–H and O–H groups in total. The van der Waals surface area contributed by atoms with Crippen molar-refractivity contribution in [3.05, 3.63) is 53.7 Å². The first-order chi connectivity index (χ1) is 14.7. The topological polar surface area (TPSA) is 103 Å². The molecule has 1 unspecified atom stereocenters. The lowest BCUT2D eigenvalue weighted by atomic mass is 10.1. The minimum absolute atomic E-state index is 0.0243. The van der Waals surface area contributed by atoms with Crippen LogP contribution in [0, 0.1) is 6.92 Å². The second-order valence-corrected chi connectivity index (χ2v) is 8.72. The number of sulfonamides is 1. The number of hydrogen-bond donors (Lipinski definition) is 0. The Hall–Kier alpha value is -2.94. The Balaban J connectivity index is 2.55. The number of esters is 2. The summed E-state index contributed by atoms with van der Waals surface area (Å²) in [6.07, 6.45) is 1.62. The number of anilines is 1. The number of carbonyl (C=O) groups excluding carboxylic acids is 2. The summed E-state index contributed by atoms with van der Waals surface area (Å²) >= 11 is 0. The van der Waals surface area contributed by atoms with Gasteiger partial charge in [-0.1, -0.05) is 17.7 Å². The van der Waals surface area contributed by atoms with Gasteiger partial charge in [-0.2, -0.15) is 0 Å². The van der Waals surface area contributed by atoms with Crippen molar-refractivity contribution in [2.45, 2.75) is 51.5 Å². The molecule has 0 spiro atoms. The average Bonchev–Trinajstić information content (AvgIpc) is 2.73. The minimum atomic E-state index is -4.09. The summed E-state index contributed by atoms with van der Waals surface area (Å²) in [6, 6.07) is 8.72. The van der Waals surface area contributed by atoms with Crippen LogP contribution in [-0.4, -0.2) is 44.6 Å². The van der Waals surface area contributed by atoms with E-state index in [-0.39, 0.29) is 42.3 Å². The van der Waals surface area contributed by atoms with Crippen molar-refractivity contribution in [3.63, 3.8) is 0 Å². The smallest absolute Gasteiger partial charge is 0.341 e. The summed E-state index contributed by atoms with van der Waals surface area (Å²) in [5.41, 5.74) is 0.939. The van der Waals surface area contributed by atoms with Crippen LogP contribution < -0.4 is 4.31 Å². The largest absolute Gasteiger partial charge is 0.466 e. The number of hydrogen-bond acceptors (Lipinski definition) is 7. The van der Waals surface area contributed by atoms with Crippen molar-refractivity contribution in [1.82, 2.24) is 4.98 Å². The predicted octanol–water partition coefficient (Wildman–Crippen LogP) is 3.49. The molecule has 0 saturated heterocycles. The number of aryl methyl sites for hydroxylation is 1. The highest BCUT2D eigenvalue weighted by molar-refractivity contribution is 7.92. The van der Waals surface area contributed by atoms with E-state index in [1.807, 2.05) is 6.92 Å². The lowest BCUT2D eigenvalue weighted by Gasteiger charge is -2.30. The third-order valence-electron chi connectivity index (χ3n) is 4.54.